The number of thioether (sulfide) groups is 1. The molecule has 1 aliphatic rings. The van der Waals surface area contributed by atoms with E-state index in [-0.39, 0.29) is 17.5 Å². The second-order valence-corrected chi connectivity index (χ2v) is 7.37. The van der Waals surface area contributed by atoms with Crippen LogP contribution in [0.4, 0.5) is 0 Å². The van der Waals surface area contributed by atoms with Crippen LogP contribution in [-0.4, -0.2) is 35.5 Å². The van der Waals surface area contributed by atoms with Crippen LogP contribution in [-0.2, 0) is 4.79 Å². The Morgan fingerprint density at radius 1 is 1.41 bits per heavy atom. The maximum atomic E-state index is 12.1. The molecule has 1 aliphatic carbocycles. The number of Topliss-reactive ketones (excluding diaryl/α,β-unsaturated/α-hetero) is 1. The van der Waals surface area contributed by atoms with Crippen LogP contribution in [0.2, 0.25) is 6.32 Å². The average molecular weight is 323 g/mol. The number of aliphatic hydroxyl groups is 1. The second kappa shape index (κ2) is 11.8. The average Bonchev–Trinajstić information content (AvgIpc) is 2.39. The summed E-state index contributed by atoms with van der Waals surface area (Å²) in [5.41, 5.74) is 0.605. The van der Waals surface area contributed by atoms with Crippen LogP contribution >= 0.6 is 11.8 Å². The Morgan fingerprint density at radius 3 is 2.45 bits per heavy atom. The number of hydrogen-bond acceptors (Lipinski definition) is 4. The van der Waals surface area contributed by atoms with Crippen LogP contribution in [0.5, 0.6) is 0 Å². The van der Waals surface area contributed by atoms with Gasteiger partial charge < -0.3 is 10.5 Å². The molecule has 2 atom stereocenters. The minimum atomic E-state index is -0.0408. The summed E-state index contributed by atoms with van der Waals surface area (Å²) in [5, 5.41) is 18.5. The molecule has 1 rings (SSSR count). The quantitative estimate of drug-likeness (QED) is 0.526. The first kappa shape index (κ1) is 21.3. The topological polar surface area (TPSA) is 61.1 Å². The minimum absolute atomic E-state index is 0.0408. The molecule has 3 nitrogen and oxygen atoms in total. The van der Waals surface area contributed by atoms with Gasteiger partial charge in [-0.25, -0.2) is 0 Å². The molecule has 0 saturated heterocycles. The van der Waals surface area contributed by atoms with Crippen LogP contribution in [0.15, 0.2) is 11.3 Å². The van der Waals surface area contributed by atoms with E-state index in [1.54, 1.807) is 0 Å². The third-order valence-corrected chi connectivity index (χ3v) is 4.54. The number of carbonyl (C=O) groups excluding carboxylic acids is 1. The van der Waals surface area contributed by atoms with Crippen molar-refractivity contribution in [3.63, 3.8) is 0 Å². The Kier molecular flexibility index (Phi) is 11.4. The highest BCUT2D eigenvalue weighted by molar-refractivity contribution is 7.99. The van der Waals surface area contributed by atoms with Gasteiger partial charge in [0, 0.05) is 23.8 Å². The first-order chi connectivity index (χ1) is 10.4. The number of carbonyl (C=O) groups is 1. The van der Waals surface area contributed by atoms with E-state index >= 15 is 0 Å². The van der Waals surface area contributed by atoms with E-state index in [4.69, 9.17) is 13.3 Å². The Morgan fingerprint density at radius 2 is 2.00 bits per heavy atom. The SMILES string of the molecule is CCCC(=N)C1=C(O)CC(CC(C)SCC)CC1=O.[B]CC. The van der Waals surface area contributed by atoms with Crippen molar-refractivity contribution < 1.29 is 9.90 Å². The lowest BCUT2D eigenvalue weighted by molar-refractivity contribution is -0.116. The molecule has 0 aliphatic heterocycles. The lowest BCUT2D eigenvalue weighted by atomic mass is 9.82. The summed E-state index contributed by atoms with van der Waals surface area (Å²) >= 11 is 1.89. The van der Waals surface area contributed by atoms with E-state index in [1.807, 2.05) is 25.6 Å². The van der Waals surface area contributed by atoms with Crippen molar-refractivity contribution in [2.45, 2.75) is 71.4 Å². The van der Waals surface area contributed by atoms with Gasteiger partial charge >= 0.3 is 0 Å². The van der Waals surface area contributed by atoms with Gasteiger partial charge in [0.2, 0.25) is 0 Å². The predicted octanol–water partition coefficient (Wildman–Crippen LogP) is 4.72. The zero-order chi connectivity index (χ0) is 17.1. The maximum Gasteiger partial charge on any atom is 0.168 e. The van der Waals surface area contributed by atoms with Gasteiger partial charge in [0.15, 0.2) is 5.78 Å². The lowest BCUT2D eigenvalue weighted by Gasteiger charge is -2.25. The third kappa shape index (κ3) is 7.53. The molecular weight excluding hydrogens is 293 g/mol. The summed E-state index contributed by atoms with van der Waals surface area (Å²) in [5.74, 6) is 1.42. The van der Waals surface area contributed by atoms with Crippen molar-refractivity contribution in [3.05, 3.63) is 11.3 Å². The fraction of sp³-hybridized carbons (Fsp3) is 0.765. The van der Waals surface area contributed by atoms with Gasteiger partial charge in [0.1, 0.15) is 5.76 Å². The summed E-state index contributed by atoms with van der Waals surface area (Å²) < 4.78 is 0. The van der Waals surface area contributed by atoms with E-state index in [0.29, 0.717) is 35.8 Å². The summed E-state index contributed by atoms with van der Waals surface area (Å²) in [6.45, 7) is 8.19. The van der Waals surface area contributed by atoms with Crippen molar-refractivity contribution in [1.82, 2.24) is 0 Å². The highest BCUT2D eigenvalue weighted by Crippen LogP contribution is 2.32. The Hall–Kier alpha value is -0.705. The molecule has 0 aromatic carbocycles. The van der Waals surface area contributed by atoms with Crippen LogP contribution in [0.25, 0.3) is 0 Å². The Balaban J connectivity index is 0.00000135. The minimum Gasteiger partial charge on any atom is -0.511 e. The standard InChI is InChI=1S/C15H25NO2S.C2H5B/c1-4-6-12(16)15-13(17)8-11(9-14(15)18)7-10(3)19-5-2;1-2-3/h10-11,16-17H,4-9H2,1-3H3;2H2,1H3. The number of rotatable bonds is 7. The maximum absolute atomic E-state index is 12.1. The normalized spacial score (nSPS) is 19.5. The number of allylic oxidation sites excluding steroid dienone is 2. The largest absolute Gasteiger partial charge is 0.511 e. The van der Waals surface area contributed by atoms with Gasteiger partial charge in [0.05, 0.1) is 13.4 Å². The molecule has 0 aromatic heterocycles. The molecule has 2 unspecified atom stereocenters. The highest BCUT2D eigenvalue weighted by Gasteiger charge is 2.30. The number of ketones is 1. The molecule has 22 heavy (non-hydrogen) atoms. The molecule has 2 radical (unpaired) electrons. The van der Waals surface area contributed by atoms with E-state index in [2.05, 4.69) is 13.8 Å². The highest BCUT2D eigenvalue weighted by atomic mass is 32.2. The fourth-order valence-corrected chi connectivity index (χ4v) is 3.66. The molecular formula is C17H30BNO2S. The van der Waals surface area contributed by atoms with Crippen molar-refractivity contribution in [3.8, 4) is 0 Å². The molecule has 0 fully saturated rings. The molecule has 2 N–H and O–H groups in total. The van der Waals surface area contributed by atoms with Crippen molar-refractivity contribution in [1.29, 1.82) is 5.41 Å². The molecule has 0 saturated carbocycles. The van der Waals surface area contributed by atoms with Crippen LogP contribution in [0, 0.1) is 11.3 Å². The van der Waals surface area contributed by atoms with Crippen LogP contribution in [0.1, 0.15) is 59.8 Å². The fourth-order valence-electron chi connectivity index (χ4n) is 2.68. The first-order valence-corrected chi connectivity index (χ1v) is 9.30. The molecule has 0 bridgehead atoms. The molecule has 0 spiro atoms. The van der Waals surface area contributed by atoms with Gasteiger partial charge in [-0.1, -0.05) is 40.4 Å². The third-order valence-electron chi connectivity index (χ3n) is 3.44. The van der Waals surface area contributed by atoms with E-state index < -0.39 is 0 Å². The van der Waals surface area contributed by atoms with E-state index in [0.717, 1.165) is 24.9 Å². The van der Waals surface area contributed by atoms with E-state index in [9.17, 15) is 9.90 Å². The number of nitrogens with one attached hydrogen (secondary N) is 1. The van der Waals surface area contributed by atoms with E-state index in [1.165, 1.54) is 0 Å². The molecule has 0 heterocycles. The van der Waals surface area contributed by atoms with Gasteiger partial charge in [-0.2, -0.15) is 11.8 Å². The van der Waals surface area contributed by atoms with Gasteiger partial charge in [-0.3, -0.25) is 4.79 Å². The zero-order valence-electron chi connectivity index (χ0n) is 14.4. The number of aliphatic hydroxyl groups excluding tert-OH is 1. The Bertz CT molecular complexity index is 396. The van der Waals surface area contributed by atoms with Crippen molar-refractivity contribution in [2.24, 2.45) is 5.92 Å². The summed E-state index contributed by atoms with van der Waals surface area (Å²) in [4.78, 5) is 12.1. The lowest BCUT2D eigenvalue weighted by Crippen LogP contribution is -2.25. The summed E-state index contributed by atoms with van der Waals surface area (Å²) in [6.07, 6.45) is 4.15. The predicted molar refractivity (Wildman–Crippen MR) is 98.5 cm³/mol. The smallest absolute Gasteiger partial charge is 0.168 e. The Labute approximate surface area is 141 Å². The second-order valence-electron chi connectivity index (χ2n) is 5.66. The van der Waals surface area contributed by atoms with Crippen LogP contribution < -0.4 is 0 Å². The van der Waals surface area contributed by atoms with Crippen LogP contribution in [0.3, 0.4) is 0 Å². The molecule has 0 amide bonds. The number of hydrogen-bond donors (Lipinski definition) is 2. The van der Waals surface area contributed by atoms with Gasteiger partial charge in [-0.05, 0) is 24.5 Å². The van der Waals surface area contributed by atoms with Crippen molar-refractivity contribution in [2.75, 3.05) is 5.75 Å². The van der Waals surface area contributed by atoms with Gasteiger partial charge in [0.25, 0.3) is 0 Å². The molecule has 5 heteroatoms. The molecule has 124 valence electrons. The summed E-state index contributed by atoms with van der Waals surface area (Å²) in [7, 11) is 4.85. The zero-order valence-corrected chi connectivity index (χ0v) is 15.3. The molecule has 0 aromatic rings. The summed E-state index contributed by atoms with van der Waals surface area (Å²) in [6, 6.07) is 0. The van der Waals surface area contributed by atoms with Crippen molar-refractivity contribution >= 4 is 31.1 Å². The monoisotopic (exact) mass is 323 g/mol. The first-order valence-electron chi connectivity index (χ1n) is 8.25. The van der Waals surface area contributed by atoms with Gasteiger partial charge in [-0.15, -0.1) is 0 Å².